The Labute approximate surface area is 168 Å². The third-order valence-electron chi connectivity index (χ3n) is 3.85. The molecule has 0 aliphatic rings. The van der Waals surface area contributed by atoms with E-state index in [9.17, 15) is 13.2 Å². The molecule has 0 bridgehead atoms. The van der Waals surface area contributed by atoms with E-state index in [0.717, 1.165) is 5.69 Å². The van der Waals surface area contributed by atoms with Gasteiger partial charge >= 0.3 is 0 Å². The van der Waals surface area contributed by atoms with Crippen LogP contribution in [-0.4, -0.2) is 29.9 Å². The first kappa shape index (κ1) is 20.0. The van der Waals surface area contributed by atoms with Crippen LogP contribution in [-0.2, 0) is 10.0 Å². The number of anilines is 1. The van der Waals surface area contributed by atoms with Crippen LogP contribution in [0.1, 0.15) is 24.2 Å². The lowest BCUT2D eigenvalue weighted by molar-refractivity contribution is 0.102. The lowest BCUT2D eigenvalue weighted by atomic mass is 10.2. The Kier molecular flexibility index (Phi) is 5.78. The van der Waals surface area contributed by atoms with Crippen LogP contribution < -0.4 is 10.0 Å². The number of carbonyl (C=O) groups is 1. The van der Waals surface area contributed by atoms with Crippen LogP contribution in [0, 0.1) is 4.77 Å². The van der Waals surface area contributed by atoms with Crippen molar-refractivity contribution in [1.82, 2.24) is 14.3 Å². The number of benzene rings is 2. The van der Waals surface area contributed by atoms with E-state index in [4.69, 9.17) is 12.2 Å². The van der Waals surface area contributed by atoms with E-state index < -0.39 is 10.0 Å². The molecule has 0 saturated heterocycles. The number of nitrogens with zero attached hydrogens (tertiary/aromatic N) is 1. The Bertz CT molecular complexity index is 1150. The van der Waals surface area contributed by atoms with Gasteiger partial charge in [-0.3, -0.25) is 9.36 Å². The predicted octanol–water partition coefficient (Wildman–Crippen LogP) is 3.47. The molecule has 2 aromatic carbocycles. The Morgan fingerprint density at radius 1 is 1.14 bits per heavy atom. The van der Waals surface area contributed by atoms with Crippen molar-refractivity contribution >= 4 is 33.8 Å². The average molecular weight is 417 g/mol. The maximum atomic E-state index is 12.5. The summed E-state index contributed by atoms with van der Waals surface area (Å²) in [5.74, 6) is -0.337. The average Bonchev–Trinajstić information content (AvgIpc) is 3.07. The number of carbonyl (C=O) groups excluding carboxylic acids is 1. The number of sulfonamides is 1. The highest BCUT2D eigenvalue weighted by Gasteiger charge is 2.16. The van der Waals surface area contributed by atoms with Crippen molar-refractivity contribution in [2.45, 2.75) is 24.8 Å². The SMILES string of the molecule is CC(C)NS(=O)(=O)c1ccc(C(=O)Nc2cccc(-n3cc[nH]c3=S)c2)cc1. The van der Waals surface area contributed by atoms with E-state index in [2.05, 4.69) is 15.0 Å². The molecule has 3 aromatic rings. The summed E-state index contributed by atoms with van der Waals surface area (Å²) < 4.78 is 29.2. The van der Waals surface area contributed by atoms with Crippen molar-refractivity contribution in [2.24, 2.45) is 0 Å². The number of aromatic amines is 1. The molecule has 0 atom stereocenters. The monoisotopic (exact) mass is 416 g/mol. The zero-order chi connectivity index (χ0) is 20.3. The summed E-state index contributed by atoms with van der Waals surface area (Å²) in [7, 11) is -3.59. The summed E-state index contributed by atoms with van der Waals surface area (Å²) in [5, 5.41) is 2.81. The van der Waals surface area contributed by atoms with Gasteiger partial charge in [-0.15, -0.1) is 0 Å². The molecular weight excluding hydrogens is 396 g/mol. The summed E-state index contributed by atoms with van der Waals surface area (Å²) in [6, 6.07) is 12.8. The second kappa shape index (κ2) is 8.09. The fourth-order valence-corrected chi connectivity index (χ4v) is 4.11. The van der Waals surface area contributed by atoms with E-state index in [1.807, 2.05) is 12.1 Å². The number of rotatable bonds is 6. The van der Waals surface area contributed by atoms with Crippen molar-refractivity contribution in [3.05, 3.63) is 71.3 Å². The van der Waals surface area contributed by atoms with Crippen LogP contribution in [0.4, 0.5) is 5.69 Å². The smallest absolute Gasteiger partial charge is 0.255 e. The largest absolute Gasteiger partial charge is 0.337 e. The molecule has 0 fully saturated rings. The third kappa shape index (κ3) is 4.56. The quantitative estimate of drug-likeness (QED) is 0.536. The minimum atomic E-state index is -3.59. The molecule has 3 rings (SSSR count). The minimum Gasteiger partial charge on any atom is -0.337 e. The lowest BCUT2D eigenvalue weighted by Crippen LogP contribution is -2.30. The molecule has 0 aliphatic heterocycles. The molecular formula is C19H20N4O3S2. The van der Waals surface area contributed by atoms with E-state index in [1.165, 1.54) is 24.3 Å². The van der Waals surface area contributed by atoms with E-state index in [-0.39, 0.29) is 16.8 Å². The van der Waals surface area contributed by atoms with Crippen LogP contribution in [0.25, 0.3) is 5.69 Å². The van der Waals surface area contributed by atoms with Crippen molar-refractivity contribution in [3.8, 4) is 5.69 Å². The molecule has 0 spiro atoms. The predicted molar refractivity (Wildman–Crippen MR) is 111 cm³/mol. The number of hydrogen-bond acceptors (Lipinski definition) is 4. The number of amides is 1. The molecule has 0 unspecified atom stereocenters. The number of H-pyrrole nitrogens is 1. The Hall–Kier alpha value is -2.75. The van der Waals surface area contributed by atoms with Gasteiger partial charge in [0, 0.05) is 35.4 Å². The minimum absolute atomic E-state index is 0.113. The van der Waals surface area contributed by atoms with Crippen LogP contribution in [0.15, 0.2) is 65.8 Å². The van der Waals surface area contributed by atoms with E-state index in [0.29, 0.717) is 16.0 Å². The normalized spacial score (nSPS) is 11.5. The van der Waals surface area contributed by atoms with Gasteiger partial charge in [0.15, 0.2) is 4.77 Å². The van der Waals surface area contributed by atoms with Gasteiger partial charge in [0.25, 0.3) is 5.91 Å². The van der Waals surface area contributed by atoms with E-state index in [1.54, 1.807) is 42.9 Å². The first-order chi connectivity index (χ1) is 13.3. The standard InChI is InChI=1S/C19H20N4O3S2/c1-13(2)22-28(25,26)17-8-6-14(7-9-17)18(24)21-15-4-3-5-16(12-15)23-11-10-20-19(23)27/h3-13,22H,1-2H3,(H,20,27)(H,21,24). The van der Waals surface area contributed by atoms with Gasteiger partial charge in [-0.2, -0.15) is 0 Å². The van der Waals surface area contributed by atoms with Gasteiger partial charge in [0.2, 0.25) is 10.0 Å². The third-order valence-corrected chi connectivity index (χ3v) is 5.84. The van der Waals surface area contributed by atoms with Crippen LogP contribution in [0.3, 0.4) is 0 Å². The molecule has 146 valence electrons. The van der Waals surface area contributed by atoms with Gasteiger partial charge in [0.1, 0.15) is 0 Å². The van der Waals surface area contributed by atoms with Gasteiger partial charge in [-0.1, -0.05) is 6.07 Å². The lowest BCUT2D eigenvalue weighted by Gasteiger charge is -2.11. The second-order valence-electron chi connectivity index (χ2n) is 6.44. The Morgan fingerprint density at radius 2 is 1.86 bits per heavy atom. The first-order valence-electron chi connectivity index (χ1n) is 8.56. The van der Waals surface area contributed by atoms with Crippen LogP contribution in [0.2, 0.25) is 0 Å². The Morgan fingerprint density at radius 3 is 2.46 bits per heavy atom. The van der Waals surface area contributed by atoms with Crippen molar-refractivity contribution in [1.29, 1.82) is 0 Å². The molecule has 0 radical (unpaired) electrons. The summed E-state index contributed by atoms with van der Waals surface area (Å²) in [6.07, 6.45) is 3.53. The molecule has 0 aliphatic carbocycles. The molecule has 0 saturated carbocycles. The molecule has 7 nitrogen and oxygen atoms in total. The molecule has 9 heteroatoms. The highest BCUT2D eigenvalue weighted by atomic mass is 32.2. The van der Waals surface area contributed by atoms with Crippen LogP contribution in [0.5, 0.6) is 0 Å². The van der Waals surface area contributed by atoms with Gasteiger partial charge in [0.05, 0.1) is 4.90 Å². The van der Waals surface area contributed by atoms with Gasteiger partial charge in [-0.25, -0.2) is 13.1 Å². The van der Waals surface area contributed by atoms with Gasteiger partial charge in [-0.05, 0) is 68.5 Å². The topological polar surface area (TPSA) is 96.0 Å². The molecule has 1 heterocycles. The van der Waals surface area contributed by atoms with Crippen LogP contribution >= 0.6 is 12.2 Å². The summed E-state index contributed by atoms with van der Waals surface area (Å²) in [5.41, 5.74) is 1.76. The second-order valence-corrected chi connectivity index (χ2v) is 8.54. The highest BCUT2D eigenvalue weighted by molar-refractivity contribution is 7.89. The van der Waals surface area contributed by atoms with Gasteiger partial charge < -0.3 is 10.3 Å². The number of imidazole rings is 1. The molecule has 1 amide bonds. The molecule has 3 N–H and O–H groups in total. The summed E-state index contributed by atoms with van der Waals surface area (Å²) >= 11 is 5.21. The zero-order valence-electron chi connectivity index (χ0n) is 15.3. The number of nitrogens with one attached hydrogen (secondary N) is 3. The summed E-state index contributed by atoms with van der Waals surface area (Å²) in [6.45, 7) is 3.49. The fourth-order valence-electron chi connectivity index (χ4n) is 2.62. The Balaban J connectivity index is 1.77. The fraction of sp³-hybridized carbons (Fsp3) is 0.158. The highest BCUT2D eigenvalue weighted by Crippen LogP contribution is 2.17. The summed E-state index contributed by atoms with van der Waals surface area (Å²) in [4.78, 5) is 15.5. The maximum Gasteiger partial charge on any atom is 0.255 e. The van der Waals surface area contributed by atoms with Crippen molar-refractivity contribution in [2.75, 3.05) is 5.32 Å². The number of hydrogen-bond donors (Lipinski definition) is 3. The molecule has 1 aromatic heterocycles. The zero-order valence-corrected chi connectivity index (χ0v) is 17.0. The van der Waals surface area contributed by atoms with Crippen molar-refractivity contribution in [3.63, 3.8) is 0 Å². The van der Waals surface area contributed by atoms with Crippen molar-refractivity contribution < 1.29 is 13.2 Å². The van der Waals surface area contributed by atoms with E-state index >= 15 is 0 Å². The first-order valence-corrected chi connectivity index (χ1v) is 10.5. The maximum absolute atomic E-state index is 12.5. The molecule has 28 heavy (non-hydrogen) atoms. The number of aromatic nitrogens is 2.